The quantitative estimate of drug-likeness (QED) is 0.702. The first kappa shape index (κ1) is 11.1. The van der Waals surface area contributed by atoms with Gasteiger partial charge in [-0.1, -0.05) is 6.92 Å². The van der Waals surface area contributed by atoms with Crippen LogP contribution >= 0.6 is 0 Å². The summed E-state index contributed by atoms with van der Waals surface area (Å²) >= 11 is 0. The highest BCUT2D eigenvalue weighted by molar-refractivity contribution is 7.84. The SMILES string of the molecule is CCC1CNCCN1CCS(C)=O. The molecule has 0 saturated carbocycles. The molecule has 0 radical (unpaired) electrons. The van der Waals surface area contributed by atoms with Crippen LogP contribution in [0.25, 0.3) is 0 Å². The van der Waals surface area contributed by atoms with Crippen molar-refractivity contribution in [2.24, 2.45) is 0 Å². The number of rotatable bonds is 4. The number of hydrogen-bond donors (Lipinski definition) is 1. The maximum Gasteiger partial charge on any atom is 0.0359 e. The Morgan fingerprint density at radius 3 is 3.00 bits per heavy atom. The molecule has 0 aromatic heterocycles. The summed E-state index contributed by atoms with van der Waals surface area (Å²) in [7, 11) is -0.646. The monoisotopic (exact) mass is 204 g/mol. The Hall–Kier alpha value is 0.0700. The van der Waals surface area contributed by atoms with Crippen LogP contribution in [0.5, 0.6) is 0 Å². The second-order valence-electron chi connectivity index (χ2n) is 3.58. The molecule has 78 valence electrons. The molecule has 2 unspecified atom stereocenters. The zero-order valence-corrected chi connectivity index (χ0v) is 9.40. The summed E-state index contributed by atoms with van der Waals surface area (Å²) in [6, 6.07) is 0.650. The summed E-state index contributed by atoms with van der Waals surface area (Å²) in [5, 5.41) is 3.39. The van der Waals surface area contributed by atoms with E-state index in [4.69, 9.17) is 0 Å². The molecule has 0 amide bonds. The van der Waals surface area contributed by atoms with Gasteiger partial charge in [0.25, 0.3) is 0 Å². The van der Waals surface area contributed by atoms with Crippen LogP contribution < -0.4 is 5.32 Å². The smallest absolute Gasteiger partial charge is 0.0359 e. The predicted molar refractivity (Wildman–Crippen MR) is 57.5 cm³/mol. The Labute approximate surface area is 83.3 Å². The van der Waals surface area contributed by atoms with Gasteiger partial charge in [-0.15, -0.1) is 0 Å². The number of nitrogens with zero attached hydrogens (tertiary/aromatic N) is 1. The van der Waals surface area contributed by atoms with E-state index in [1.807, 2.05) is 0 Å². The molecule has 0 aromatic rings. The van der Waals surface area contributed by atoms with E-state index in [9.17, 15) is 4.21 Å². The summed E-state index contributed by atoms with van der Waals surface area (Å²) in [6.07, 6.45) is 2.96. The van der Waals surface area contributed by atoms with Gasteiger partial charge in [0.1, 0.15) is 0 Å². The zero-order chi connectivity index (χ0) is 9.68. The molecule has 1 aliphatic rings. The molecule has 1 rings (SSSR count). The van der Waals surface area contributed by atoms with Crippen molar-refractivity contribution in [1.29, 1.82) is 0 Å². The van der Waals surface area contributed by atoms with Gasteiger partial charge >= 0.3 is 0 Å². The van der Waals surface area contributed by atoms with Gasteiger partial charge in [-0.3, -0.25) is 9.11 Å². The van der Waals surface area contributed by atoms with E-state index in [2.05, 4.69) is 17.1 Å². The van der Waals surface area contributed by atoms with Crippen molar-refractivity contribution < 1.29 is 4.21 Å². The summed E-state index contributed by atoms with van der Waals surface area (Å²) in [5.41, 5.74) is 0. The second-order valence-corrected chi connectivity index (χ2v) is 5.13. The lowest BCUT2D eigenvalue weighted by atomic mass is 10.1. The largest absolute Gasteiger partial charge is 0.314 e. The minimum absolute atomic E-state index is 0.646. The summed E-state index contributed by atoms with van der Waals surface area (Å²) in [6.45, 7) is 6.48. The number of hydrogen-bond acceptors (Lipinski definition) is 3. The minimum atomic E-state index is -0.646. The molecule has 13 heavy (non-hydrogen) atoms. The molecule has 0 bridgehead atoms. The Morgan fingerprint density at radius 2 is 2.38 bits per heavy atom. The average molecular weight is 204 g/mol. The molecule has 3 nitrogen and oxygen atoms in total. The highest BCUT2D eigenvalue weighted by Crippen LogP contribution is 2.06. The topological polar surface area (TPSA) is 32.3 Å². The van der Waals surface area contributed by atoms with Gasteiger partial charge in [-0.25, -0.2) is 0 Å². The third-order valence-electron chi connectivity index (χ3n) is 2.61. The van der Waals surface area contributed by atoms with Crippen molar-refractivity contribution >= 4 is 10.8 Å². The van der Waals surface area contributed by atoms with Gasteiger partial charge < -0.3 is 5.32 Å². The summed E-state index contributed by atoms with van der Waals surface area (Å²) < 4.78 is 11.0. The van der Waals surface area contributed by atoms with Gasteiger partial charge in [-0.2, -0.15) is 0 Å². The van der Waals surface area contributed by atoms with Crippen LogP contribution in [0.4, 0.5) is 0 Å². The summed E-state index contributed by atoms with van der Waals surface area (Å²) in [5.74, 6) is 0.816. The van der Waals surface area contributed by atoms with Crippen LogP contribution in [0.15, 0.2) is 0 Å². The molecule has 0 aliphatic carbocycles. The first-order chi connectivity index (χ1) is 6.24. The van der Waals surface area contributed by atoms with Crippen molar-refractivity contribution in [3.63, 3.8) is 0 Å². The molecule has 1 heterocycles. The van der Waals surface area contributed by atoms with E-state index in [0.29, 0.717) is 6.04 Å². The fourth-order valence-electron chi connectivity index (χ4n) is 1.75. The highest BCUT2D eigenvalue weighted by Gasteiger charge is 2.19. The van der Waals surface area contributed by atoms with Crippen LogP contribution in [-0.2, 0) is 10.8 Å². The van der Waals surface area contributed by atoms with Crippen LogP contribution in [0.3, 0.4) is 0 Å². The van der Waals surface area contributed by atoms with Crippen molar-refractivity contribution in [2.75, 3.05) is 38.2 Å². The molecule has 0 aromatic carbocycles. The van der Waals surface area contributed by atoms with Crippen molar-refractivity contribution in [1.82, 2.24) is 10.2 Å². The molecular formula is C9H20N2OS. The highest BCUT2D eigenvalue weighted by atomic mass is 32.2. The zero-order valence-electron chi connectivity index (χ0n) is 8.58. The fraction of sp³-hybridized carbons (Fsp3) is 1.00. The first-order valence-corrected chi connectivity index (χ1v) is 6.71. The molecule has 1 aliphatic heterocycles. The molecular weight excluding hydrogens is 184 g/mol. The van der Waals surface area contributed by atoms with Gasteiger partial charge in [0, 0.05) is 55.0 Å². The molecule has 1 N–H and O–H groups in total. The third kappa shape index (κ3) is 3.75. The molecule has 2 atom stereocenters. The first-order valence-electron chi connectivity index (χ1n) is 4.98. The molecule has 1 saturated heterocycles. The predicted octanol–water partition coefficient (Wildman–Crippen LogP) is 0.0487. The van der Waals surface area contributed by atoms with Gasteiger partial charge in [0.05, 0.1) is 0 Å². The standard InChI is InChI=1S/C9H20N2OS/c1-3-9-8-10-4-5-11(9)6-7-13(2)12/h9-10H,3-8H2,1-2H3. The maximum absolute atomic E-state index is 11.0. The third-order valence-corrected chi connectivity index (χ3v) is 3.37. The van der Waals surface area contributed by atoms with Gasteiger partial charge in [0.15, 0.2) is 0 Å². The van der Waals surface area contributed by atoms with Crippen molar-refractivity contribution in [2.45, 2.75) is 19.4 Å². The van der Waals surface area contributed by atoms with Crippen LogP contribution in [0.1, 0.15) is 13.3 Å². The second kappa shape index (κ2) is 5.73. The molecule has 4 heteroatoms. The van der Waals surface area contributed by atoms with E-state index in [1.54, 1.807) is 6.26 Å². The Morgan fingerprint density at radius 1 is 1.62 bits per heavy atom. The van der Waals surface area contributed by atoms with E-state index >= 15 is 0 Å². The molecule has 0 spiro atoms. The lowest BCUT2D eigenvalue weighted by Crippen LogP contribution is -2.51. The Balaban J connectivity index is 2.31. The molecule has 1 fully saturated rings. The lowest BCUT2D eigenvalue weighted by Gasteiger charge is -2.35. The lowest BCUT2D eigenvalue weighted by molar-refractivity contribution is 0.167. The average Bonchev–Trinajstić information content (AvgIpc) is 2.15. The van der Waals surface area contributed by atoms with Crippen molar-refractivity contribution in [3.8, 4) is 0 Å². The Bertz CT molecular complexity index is 175. The van der Waals surface area contributed by atoms with E-state index in [-0.39, 0.29) is 0 Å². The number of piperazine rings is 1. The van der Waals surface area contributed by atoms with E-state index in [1.165, 1.54) is 6.42 Å². The van der Waals surface area contributed by atoms with Crippen LogP contribution in [-0.4, -0.2) is 53.3 Å². The van der Waals surface area contributed by atoms with Crippen LogP contribution in [0, 0.1) is 0 Å². The van der Waals surface area contributed by atoms with Crippen LogP contribution in [0.2, 0.25) is 0 Å². The van der Waals surface area contributed by atoms with Gasteiger partial charge in [-0.05, 0) is 6.42 Å². The van der Waals surface area contributed by atoms with Crippen molar-refractivity contribution in [3.05, 3.63) is 0 Å². The van der Waals surface area contributed by atoms with Gasteiger partial charge in [0.2, 0.25) is 0 Å². The fourth-order valence-corrected chi connectivity index (χ4v) is 2.24. The maximum atomic E-state index is 11.0. The number of nitrogens with one attached hydrogen (secondary N) is 1. The van der Waals surface area contributed by atoms with E-state index < -0.39 is 10.8 Å². The Kier molecular flexibility index (Phi) is 4.91. The minimum Gasteiger partial charge on any atom is -0.314 e. The summed E-state index contributed by atoms with van der Waals surface area (Å²) in [4.78, 5) is 2.46. The normalized spacial score (nSPS) is 27.4. The van der Waals surface area contributed by atoms with E-state index in [0.717, 1.165) is 31.9 Å².